The fraction of sp³-hybridized carbons (Fsp3) is 0.600. The Labute approximate surface area is 87.6 Å². The number of rotatable bonds is 4. The van der Waals surface area contributed by atoms with Gasteiger partial charge in [0.05, 0.1) is 16.8 Å². The highest BCUT2D eigenvalue weighted by atomic mass is 79.9. The molecule has 1 heterocycles. The van der Waals surface area contributed by atoms with Gasteiger partial charge in [0, 0.05) is 0 Å². The smallest absolute Gasteiger partial charge is 0.134 e. The Balaban J connectivity index is 2.58. The lowest BCUT2D eigenvalue weighted by molar-refractivity contribution is 0.395. The van der Waals surface area contributed by atoms with Gasteiger partial charge in [-0.25, -0.2) is 0 Å². The van der Waals surface area contributed by atoms with E-state index in [0.717, 1.165) is 23.1 Å². The minimum absolute atomic E-state index is 0.0133. The number of halogens is 1. The zero-order chi connectivity index (χ0) is 9.84. The van der Waals surface area contributed by atoms with Crippen LogP contribution in [0.2, 0.25) is 0 Å². The van der Waals surface area contributed by atoms with E-state index in [9.17, 15) is 0 Å². The van der Waals surface area contributed by atoms with Crippen molar-refractivity contribution in [3.63, 3.8) is 0 Å². The van der Waals surface area contributed by atoms with Crippen LogP contribution < -0.4 is 5.73 Å². The summed E-state index contributed by atoms with van der Waals surface area (Å²) in [6.07, 6.45) is 3.80. The SMILES string of the molecule is CCC(C)CC(N)c1occc1Br. The Bertz CT molecular complexity index is 259. The molecule has 0 spiro atoms. The largest absolute Gasteiger partial charge is 0.466 e. The lowest BCUT2D eigenvalue weighted by atomic mass is 9.99. The van der Waals surface area contributed by atoms with E-state index in [-0.39, 0.29) is 6.04 Å². The van der Waals surface area contributed by atoms with Crippen LogP contribution in [-0.4, -0.2) is 0 Å². The molecule has 2 atom stereocenters. The predicted molar refractivity (Wildman–Crippen MR) is 57.4 cm³/mol. The third-order valence-electron chi connectivity index (χ3n) is 2.33. The Morgan fingerprint density at radius 3 is 2.77 bits per heavy atom. The van der Waals surface area contributed by atoms with Crippen LogP contribution in [0.3, 0.4) is 0 Å². The zero-order valence-electron chi connectivity index (χ0n) is 8.09. The molecule has 0 aliphatic carbocycles. The molecule has 0 aromatic carbocycles. The third kappa shape index (κ3) is 2.85. The summed E-state index contributed by atoms with van der Waals surface area (Å²) >= 11 is 3.40. The lowest BCUT2D eigenvalue weighted by Crippen LogP contribution is -2.13. The molecular formula is C10H16BrNO. The maximum absolute atomic E-state index is 5.99. The Kier molecular flexibility index (Phi) is 4.00. The average molecular weight is 246 g/mol. The molecule has 0 saturated carbocycles. The number of nitrogens with two attached hydrogens (primary N) is 1. The quantitative estimate of drug-likeness (QED) is 0.883. The Hall–Kier alpha value is -0.280. The van der Waals surface area contributed by atoms with Crippen LogP contribution in [0.4, 0.5) is 0 Å². The summed E-state index contributed by atoms with van der Waals surface area (Å²) < 4.78 is 6.27. The molecule has 2 unspecified atom stereocenters. The molecule has 0 bridgehead atoms. The van der Waals surface area contributed by atoms with Crippen molar-refractivity contribution in [1.29, 1.82) is 0 Å². The third-order valence-corrected chi connectivity index (χ3v) is 2.99. The summed E-state index contributed by atoms with van der Waals surface area (Å²) in [5.74, 6) is 1.51. The molecule has 0 amide bonds. The van der Waals surface area contributed by atoms with Crippen molar-refractivity contribution in [2.24, 2.45) is 11.7 Å². The second-order valence-electron chi connectivity index (χ2n) is 3.49. The molecule has 74 valence electrons. The van der Waals surface area contributed by atoms with E-state index in [1.165, 1.54) is 0 Å². The van der Waals surface area contributed by atoms with Crippen LogP contribution in [0.25, 0.3) is 0 Å². The van der Waals surface area contributed by atoms with Gasteiger partial charge >= 0.3 is 0 Å². The van der Waals surface area contributed by atoms with Gasteiger partial charge in [0.15, 0.2) is 0 Å². The standard InChI is InChI=1S/C10H16BrNO/c1-3-7(2)6-9(12)10-8(11)4-5-13-10/h4-5,7,9H,3,6,12H2,1-2H3. The van der Waals surface area contributed by atoms with Crippen LogP contribution in [0, 0.1) is 5.92 Å². The molecule has 0 radical (unpaired) electrons. The van der Waals surface area contributed by atoms with Gasteiger partial charge in [0.1, 0.15) is 5.76 Å². The first-order valence-electron chi connectivity index (χ1n) is 4.63. The zero-order valence-corrected chi connectivity index (χ0v) is 9.67. The van der Waals surface area contributed by atoms with Gasteiger partial charge in [0.2, 0.25) is 0 Å². The first kappa shape index (κ1) is 10.8. The molecule has 2 N–H and O–H groups in total. The van der Waals surface area contributed by atoms with Gasteiger partial charge in [0.25, 0.3) is 0 Å². The Morgan fingerprint density at radius 2 is 2.31 bits per heavy atom. The van der Waals surface area contributed by atoms with Crippen LogP contribution in [0.5, 0.6) is 0 Å². The van der Waals surface area contributed by atoms with E-state index in [1.807, 2.05) is 6.07 Å². The molecule has 1 rings (SSSR count). The highest BCUT2D eigenvalue weighted by Gasteiger charge is 2.15. The first-order chi connectivity index (χ1) is 6.15. The van der Waals surface area contributed by atoms with E-state index < -0.39 is 0 Å². The van der Waals surface area contributed by atoms with E-state index >= 15 is 0 Å². The highest BCUT2D eigenvalue weighted by Crippen LogP contribution is 2.27. The van der Waals surface area contributed by atoms with Gasteiger partial charge in [-0.15, -0.1) is 0 Å². The summed E-state index contributed by atoms with van der Waals surface area (Å²) in [5.41, 5.74) is 5.99. The summed E-state index contributed by atoms with van der Waals surface area (Å²) in [5, 5.41) is 0. The van der Waals surface area contributed by atoms with Crippen molar-refractivity contribution in [3.8, 4) is 0 Å². The molecule has 0 aliphatic rings. The molecule has 13 heavy (non-hydrogen) atoms. The molecule has 1 aromatic rings. The van der Waals surface area contributed by atoms with Crippen molar-refractivity contribution < 1.29 is 4.42 Å². The number of hydrogen-bond acceptors (Lipinski definition) is 2. The fourth-order valence-corrected chi connectivity index (χ4v) is 1.77. The molecule has 0 fully saturated rings. The summed E-state index contributed by atoms with van der Waals surface area (Å²) in [6.45, 7) is 4.38. The molecule has 3 heteroatoms. The van der Waals surface area contributed by atoms with E-state index in [2.05, 4.69) is 29.8 Å². The maximum Gasteiger partial charge on any atom is 0.134 e. The fourth-order valence-electron chi connectivity index (χ4n) is 1.28. The van der Waals surface area contributed by atoms with Crippen molar-refractivity contribution in [1.82, 2.24) is 0 Å². The Morgan fingerprint density at radius 1 is 1.62 bits per heavy atom. The number of furan rings is 1. The van der Waals surface area contributed by atoms with E-state index in [0.29, 0.717) is 5.92 Å². The normalized spacial score (nSPS) is 15.7. The van der Waals surface area contributed by atoms with Crippen molar-refractivity contribution in [2.75, 3.05) is 0 Å². The van der Waals surface area contributed by atoms with Crippen molar-refractivity contribution in [2.45, 2.75) is 32.7 Å². The first-order valence-corrected chi connectivity index (χ1v) is 5.43. The van der Waals surface area contributed by atoms with Crippen molar-refractivity contribution in [3.05, 3.63) is 22.6 Å². The number of hydrogen-bond donors (Lipinski definition) is 1. The second-order valence-corrected chi connectivity index (χ2v) is 4.34. The minimum Gasteiger partial charge on any atom is -0.466 e. The molecule has 0 aliphatic heterocycles. The average Bonchev–Trinajstić information content (AvgIpc) is 2.51. The lowest BCUT2D eigenvalue weighted by Gasteiger charge is -2.13. The summed E-state index contributed by atoms with van der Waals surface area (Å²) in [4.78, 5) is 0. The monoisotopic (exact) mass is 245 g/mol. The maximum atomic E-state index is 5.99. The van der Waals surface area contributed by atoms with Crippen LogP contribution in [0.1, 0.15) is 38.5 Å². The van der Waals surface area contributed by atoms with Crippen LogP contribution >= 0.6 is 15.9 Å². The summed E-state index contributed by atoms with van der Waals surface area (Å²) in [7, 11) is 0. The van der Waals surface area contributed by atoms with Gasteiger partial charge in [-0.05, 0) is 34.3 Å². The minimum atomic E-state index is 0.0133. The van der Waals surface area contributed by atoms with E-state index in [1.54, 1.807) is 6.26 Å². The molecule has 2 nitrogen and oxygen atoms in total. The van der Waals surface area contributed by atoms with Gasteiger partial charge < -0.3 is 10.2 Å². The van der Waals surface area contributed by atoms with Crippen LogP contribution in [0.15, 0.2) is 21.2 Å². The predicted octanol–water partition coefficient (Wildman–Crippen LogP) is 3.48. The molecular weight excluding hydrogens is 230 g/mol. The highest BCUT2D eigenvalue weighted by molar-refractivity contribution is 9.10. The van der Waals surface area contributed by atoms with E-state index in [4.69, 9.17) is 10.2 Å². The topological polar surface area (TPSA) is 39.2 Å². The van der Waals surface area contributed by atoms with Gasteiger partial charge in [-0.2, -0.15) is 0 Å². The van der Waals surface area contributed by atoms with Gasteiger partial charge in [-0.3, -0.25) is 0 Å². The van der Waals surface area contributed by atoms with Crippen LogP contribution in [-0.2, 0) is 0 Å². The summed E-state index contributed by atoms with van der Waals surface area (Å²) in [6, 6.07) is 1.89. The molecule has 1 aromatic heterocycles. The molecule has 0 saturated heterocycles. The van der Waals surface area contributed by atoms with Gasteiger partial charge in [-0.1, -0.05) is 20.3 Å². The second kappa shape index (κ2) is 4.82. The van der Waals surface area contributed by atoms with Crippen molar-refractivity contribution >= 4 is 15.9 Å².